The molecular weight excluding hydrogens is 333 g/mol. The normalized spacial score (nSPS) is 19.4. The predicted molar refractivity (Wildman–Crippen MR) is 89.8 cm³/mol. The summed E-state index contributed by atoms with van der Waals surface area (Å²) in [6.45, 7) is 3.79. The monoisotopic (exact) mass is 355 g/mol. The summed E-state index contributed by atoms with van der Waals surface area (Å²) in [6, 6.07) is -0.554. The number of hydrogen-bond acceptors (Lipinski definition) is 5. The van der Waals surface area contributed by atoms with Gasteiger partial charge in [0.2, 0.25) is 5.91 Å². The summed E-state index contributed by atoms with van der Waals surface area (Å²) in [5.41, 5.74) is 6.87. The van der Waals surface area contributed by atoms with E-state index in [1.807, 2.05) is 11.8 Å². The minimum Gasteiger partial charge on any atom is -0.383 e. The highest BCUT2D eigenvalue weighted by Crippen LogP contribution is 2.29. The van der Waals surface area contributed by atoms with Crippen molar-refractivity contribution < 1.29 is 9.53 Å². The zero-order chi connectivity index (χ0) is 13.8. The number of carbonyl (C=O) groups is 1. The van der Waals surface area contributed by atoms with Crippen molar-refractivity contribution in [1.82, 2.24) is 9.88 Å². The van der Waals surface area contributed by atoms with Gasteiger partial charge in [-0.25, -0.2) is 4.98 Å². The van der Waals surface area contributed by atoms with Crippen molar-refractivity contribution in [2.45, 2.75) is 31.7 Å². The molecule has 0 aromatic carbocycles. The fourth-order valence-electron chi connectivity index (χ4n) is 2.42. The third-order valence-electron chi connectivity index (χ3n) is 3.38. The van der Waals surface area contributed by atoms with E-state index in [9.17, 15) is 4.79 Å². The SMILES string of the molecule is COCC(N)C(=O)N1CCCC(c2nc(C)cs2)C1.Cl.Cl. The Kier molecular flexibility index (Phi) is 9.40. The second-order valence-electron chi connectivity index (χ2n) is 5.01. The lowest BCUT2D eigenvalue weighted by molar-refractivity contribution is -0.135. The van der Waals surface area contributed by atoms with Crippen LogP contribution in [0.25, 0.3) is 0 Å². The maximum absolute atomic E-state index is 12.2. The Morgan fingerprint density at radius 1 is 1.62 bits per heavy atom. The van der Waals surface area contributed by atoms with Crippen LogP contribution in [0.1, 0.15) is 29.5 Å². The molecule has 0 radical (unpaired) electrons. The maximum atomic E-state index is 12.2. The van der Waals surface area contributed by atoms with E-state index >= 15 is 0 Å². The highest BCUT2D eigenvalue weighted by Gasteiger charge is 2.29. The van der Waals surface area contributed by atoms with Crippen LogP contribution < -0.4 is 5.73 Å². The molecule has 0 spiro atoms. The van der Waals surface area contributed by atoms with Crippen molar-refractivity contribution >= 4 is 42.1 Å². The molecule has 122 valence electrons. The summed E-state index contributed by atoms with van der Waals surface area (Å²) >= 11 is 1.68. The minimum atomic E-state index is -0.554. The number of rotatable bonds is 4. The van der Waals surface area contributed by atoms with Crippen molar-refractivity contribution in [1.29, 1.82) is 0 Å². The number of methoxy groups -OCH3 is 1. The van der Waals surface area contributed by atoms with Gasteiger partial charge in [-0.15, -0.1) is 36.2 Å². The van der Waals surface area contributed by atoms with Crippen LogP contribution in [0, 0.1) is 6.92 Å². The molecule has 0 aliphatic carbocycles. The number of nitrogens with two attached hydrogens (primary N) is 1. The topological polar surface area (TPSA) is 68.5 Å². The molecular formula is C13H23Cl2N3O2S. The largest absolute Gasteiger partial charge is 0.383 e. The number of amides is 1. The molecule has 2 N–H and O–H groups in total. The van der Waals surface area contributed by atoms with Crippen molar-refractivity contribution in [2.75, 3.05) is 26.8 Å². The lowest BCUT2D eigenvalue weighted by atomic mass is 9.98. The van der Waals surface area contributed by atoms with Gasteiger partial charge in [-0.2, -0.15) is 0 Å². The number of hydrogen-bond donors (Lipinski definition) is 1. The molecule has 2 heterocycles. The molecule has 5 nitrogen and oxygen atoms in total. The predicted octanol–water partition coefficient (Wildman–Crippen LogP) is 1.97. The Hall–Kier alpha value is -0.400. The Morgan fingerprint density at radius 3 is 2.90 bits per heavy atom. The first kappa shape index (κ1) is 20.6. The van der Waals surface area contributed by atoms with Crippen LogP contribution in [0.4, 0.5) is 0 Å². The molecule has 21 heavy (non-hydrogen) atoms. The van der Waals surface area contributed by atoms with Crippen LogP contribution in [0.2, 0.25) is 0 Å². The number of aryl methyl sites for hydroxylation is 1. The van der Waals surface area contributed by atoms with Crippen molar-refractivity contribution in [3.63, 3.8) is 0 Å². The van der Waals surface area contributed by atoms with Gasteiger partial charge in [0, 0.05) is 37.2 Å². The van der Waals surface area contributed by atoms with Gasteiger partial charge in [0.1, 0.15) is 6.04 Å². The summed E-state index contributed by atoms with van der Waals surface area (Å²) in [5.74, 6) is 0.339. The number of halogens is 2. The number of nitrogens with zero attached hydrogens (tertiary/aromatic N) is 2. The first-order chi connectivity index (χ1) is 9.11. The average molecular weight is 356 g/mol. The van der Waals surface area contributed by atoms with Crippen LogP contribution in [-0.2, 0) is 9.53 Å². The van der Waals surface area contributed by atoms with Crippen LogP contribution in [0.3, 0.4) is 0 Å². The summed E-state index contributed by atoms with van der Waals surface area (Å²) in [7, 11) is 1.56. The number of carbonyl (C=O) groups excluding carboxylic acids is 1. The molecule has 1 aromatic rings. The molecule has 0 bridgehead atoms. The minimum absolute atomic E-state index is 0. The fraction of sp³-hybridized carbons (Fsp3) is 0.692. The van der Waals surface area contributed by atoms with Gasteiger partial charge in [0.15, 0.2) is 0 Å². The second kappa shape index (κ2) is 9.58. The van der Waals surface area contributed by atoms with Crippen molar-refractivity contribution in [3.05, 3.63) is 16.1 Å². The van der Waals surface area contributed by atoms with Crippen LogP contribution in [0.15, 0.2) is 5.38 Å². The molecule has 2 rings (SSSR count). The summed E-state index contributed by atoms with van der Waals surface area (Å²) in [5, 5.41) is 3.20. The van der Waals surface area contributed by atoms with Crippen LogP contribution in [-0.4, -0.2) is 48.6 Å². The van der Waals surface area contributed by atoms with E-state index in [1.165, 1.54) is 0 Å². The molecule has 1 aliphatic heterocycles. The van der Waals surface area contributed by atoms with E-state index < -0.39 is 6.04 Å². The molecule has 0 saturated carbocycles. The van der Waals surface area contributed by atoms with Crippen LogP contribution >= 0.6 is 36.2 Å². The van der Waals surface area contributed by atoms with Crippen LogP contribution in [0.5, 0.6) is 0 Å². The summed E-state index contributed by atoms with van der Waals surface area (Å²) in [4.78, 5) is 18.6. The molecule has 1 aromatic heterocycles. The lowest BCUT2D eigenvalue weighted by Gasteiger charge is -2.33. The third kappa shape index (κ3) is 5.38. The number of likely N-dealkylation sites (tertiary alicyclic amines) is 1. The van der Waals surface area contributed by atoms with Gasteiger partial charge < -0.3 is 15.4 Å². The number of ether oxygens (including phenoxy) is 1. The lowest BCUT2D eigenvalue weighted by Crippen LogP contribution is -2.49. The zero-order valence-electron chi connectivity index (χ0n) is 12.3. The Bertz CT molecular complexity index is 445. The highest BCUT2D eigenvalue weighted by molar-refractivity contribution is 7.09. The molecule has 1 aliphatic rings. The van der Waals surface area contributed by atoms with E-state index in [1.54, 1.807) is 18.4 Å². The highest BCUT2D eigenvalue weighted by atomic mass is 35.5. The van der Waals surface area contributed by atoms with Crippen molar-refractivity contribution in [3.8, 4) is 0 Å². The molecule has 2 unspecified atom stereocenters. The molecule has 8 heteroatoms. The van der Waals surface area contributed by atoms with Gasteiger partial charge in [0.05, 0.1) is 11.6 Å². The standard InChI is InChI=1S/C13H21N3O2S.2ClH/c1-9-8-19-12(15-9)10-4-3-5-16(6-10)13(17)11(14)7-18-2;;/h8,10-11H,3-7,14H2,1-2H3;2*1H. The number of thiazole rings is 1. The van der Waals surface area contributed by atoms with Gasteiger partial charge in [-0.1, -0.05) is 0 Å². The van der Waals surface area contributed by atoms with E-state index in [2.05, 4.69) is 10.4 Å². The second-order valence-corrected chi connectivity index (χ2v) is 5.90. The molecule has 2 atom stereocenters. The molecule has 1 saturated heterocycles. The first-order valence-corrected chi connectivity index (χ1v) is 7.45. The van der Waals surface area contributed by atoms with Gasteiger partial charge in [0.25, 0.3) is 0 Å². The Balaban J connectivity index is 0.00000200. The van der Waals surface area contributed by atoms with E-state index in [-0.39, 0.29) is 37.3 Å². The molecule has 1 amide bonds. The Morgan fingerprint density at radius 2 is 2.33 bits per heavy atom. The van der Waals surface area contributed by atoms with Gasteiger partial charge >= 0.3 is 0 Å². The van der Waals surface area contributed by atoms with E-state index in [0.29, 0.717) is 5.92 Å². The number of piperidine rings is 1. The third-order valence-corrected chi connectivity index (χ3v) is 4.51. The first-order valence-electron chi connectivity index (χ1n) is 6.57. The quantitative estimate of drug-likeness (QED) is 0.896. The Labute approximate surface area is 142 Å². The zero-order valence-corrected chi connectivity index (χ0v) is 14.7. The smallest absolute Gasteiger partial charge is 0.241 e. The van der Waals surface area contributed by atoms with E-state index in [0.717, 1.165) is 36.6 Å². The summed E-state index contributed by atoms with van der Waals surface area (Å²) < 4.78 is 4.95. The molecule has 1 fully saturated rings. The van der Waals surface area contributed by atoms with Gasteiger partial charge in [-0.3, -0.25) is 4.79 Å². The fourth-order valence-corrected chi connectivity index (χ4v) is 3.35. The average Bonchev–Trinajstić information content (AvgIpc) is 2.85. The maximum Gasteiger partial charge on any atom is 0.241 e. The number of aromatic nitrogens is 1. The summed E-state index contributed by atoms with van der Waals surface area (Å²) in [6.07, 6.45) is 2.10. The van der Waals surface area contributed by atoms with E-state index in [4.69, 9.17) is 10.5 Å². The van der Waals surface area contributed by atoms with Crippen molar-refractivity contribution in [2.24, 2.45) is 5.73 Å². The van der Waals surface area contributed by atoms with Gasteiger partial charge in [-0.05, 0) is 19.8 Å².